The molecule has 8 heteroatoms. The van der Waals surface area contributed by atoms with Crippen molar-refractivity contribution in [2.75, 3.05) is 5.32 Å². The Labute approximate surface area is 156 Å². The van der Waals surface area contributed by atoms with E-state index in [0.29, 0.717) is 25.6 Å². The molecule has 2 aliphatic heterocycles. The van der Waals surface area contributed by atoms with Crippen LogP contribution in [-0.2, 0) is 9.59 Å². The summed E-state index contributed by atoms with van der Waals surface area (Å²) in [6, 6.07) is 5.12. The summed E-state index contributed by atoms with van der Waals surface area (Å²) in [7, 11) is 0. The Kier molecular flexibility index (Phi) is 4.16. The number of carbonyl (C=O) groups is 2. The van der Waals surface area contributed by atoms with Gasteiger partial charge in [-0.3, -0.25) is 9.59 Å². The number of hydrogen-bond donors (Lipinski definition) is 2. The van der Waals surface area contributed by atoms with Crippen molar-refractivity contribution in [1.82, 2.24) is 5.32 Å². The number of hydrogen-bond acceptors (Lipinski definition) is 4. The largest absolute Gasteiger partial charge is 0.344 e. The van der Waals surface area contributed by atoms with Crippen LogP contribution in [-0.4, -0.2) is 23.1 Å². The van der Waals surface area contributed by atoms with E-state index in [2.05, 4.69) is 10.6 Å². The van der Waals surface area contributed by atoms with Crippen LogP contribution in [0.3, 0.4) is 0 Å². The maximum absolute atomic E-state index is 12.5. The zero-order chi connectivity index (χ0) is 16.8. The van der Waals surface area contributed by atoms with Gasteiger partial charge in [-0.2, -0.15) is 0 Å². The predicted molar refractivity (Wildman–Crippen MR) is 99.4 cm³/mol. The Bertz CT molecular complexity index is 864. The van der Waals surface area contributed by atoms with Crippen LogP contribution in [0.2, 0.25) is 5.02 Å². The first-order valence-electron chi connectivity index (χ1n) is 7.07. The number of fused-ring (bicyclic) bond motifs is 2. The molecule has 4 rings (SSSR count). The number of amides is 2. The van der Waals surface area contributed by atoms with Crippen LogP contribution < -0.4 is 10.6 Å². The first-order chi connectivity index (χ1) is 11.5. The summed E-state index contributed by atoms with van der Waals surface area (Å²) in [6.07, 6.45) is 5.51. The number of benzene rings is 1. The van der Waals surface area contributed by atoms with Crippen molar-refractivity contribution in [1.29, 1.82) is 0 Å². The van der Waals surface area contributed by atoms with Gasteiger partial charge in [-0.25, -0.2) is 0 Å². The second-order valence-corrected chi connectivity index (χ2v) is 8.46. The van der Waals surface area contributed by atoms with Crippen LogP contribution >= 0.6 is 46.7 Å². The zero-order valence-electron chi connectivity index (χ0n) is 12.0. The maximum Gasteiger partial charge on any atom is 0.263 e. The molecule has 1 aliphatic carbocycles. The van der Waals surface area contributed by atoms with E-state index in [1.807, 2.05) is 12.2 Å². The van der Waals surface area contributed by atoms with Gasteiger partial charge >= 0.3 is 0 Å². The van der Waals surface area contributed by atoms with Gasteiger partial charge in [0.05, 0.1) is 26.8 Å². The second kappa shape index (κ2) is 6.19. The lowest BCUT2D eigenvalue weighted by molar-refractivity contribution is -0.118. The van der Waals surface area contributed by atoms with E-state index in [1.54, 1.807) is 24.3 Å². The molecular formula is C16H10Cl2N2O2S2. The average Bonchev–Trinajstić information content (AvgIpc) is 2.54. The molecule has 0 aromatic heterocycles. The minimum absolute atomic E-state index is 0.0307. The van der Waals surface area contributed by atoms with Crippen molar-refractivity contribution in [3.05, 3.63) is 56.3 Å². The molecule has 0 radical (unpaired) electrons. The third-order valence-electron chi connectivity index (χ3n) is 3.71. The highest BCUT2D eigenvalue weighted by molar-refractivity contribution is 8.08. The van der Waals surface area contributed by atoms with Gasteiger partial charge in [0.2, 0.25) is 0 Å². The summed E-state index contributed by atoms with van der Waals surface area (Å²) in [5, 5.41) is 6.90. The van der Waals surface area contributed by atoms with Crippen molar-refractivity contribution in [2.24, 2.45) is 0 Å². The van der Waals surface area contributed by atoms with Crippen LogP contribution in [0.1, 0.15) is 0 Å². The highest BCUT2D eigenvalue weighted by atomic mass is 35.5. The molecule has 0 saturated carbocycles. The molecule has 2 amide bonds. The molecular weight excluding hydrogens is 387 g/mol. The lowest BCUT2D eigenvalue weighted by Crippen LogP contribution is -2.46. The number of nitrogens with one attached hydrogen (secondary N) is 2. The summed E-state index contributed by atoms with van der Waals surface area (Å²) in [6.45, 7) is 0. The standard InChI is InChI=1S/C16H10Cl2N2O2S2/c17-7-1-3-9-11(5-7)23-13(15(21)19-9)14-16(22)20-10-4-2-8(18)6-12(10)24-14/h1-6,9,11H,(H,19,21)(H,20,22). The predicted octanol–water partition coefficient (Wildman–Crippen LogP) is 3.89. The van der Waals surface area contributed by atoms with Gasteiger partial charge in [0.15, 0.2) is 0 Å². The molecule has 1 aromatic carbocycles. The summed E-state index contributed by atoms with van der Waals surface area (Å²) in [4.78, 5) is 26.5. The van der Waals surface area contributed by atoms with Crippen LogP contribution in [0.15, 0.2) is 56.2 Å². The van der Waals surface area contributed by atoms with E-state index >= 15 is 0 Å². The molecule has 3 aliphatic rings. The highest BCUT2D eigenvalue weighted by Gasteiger charge is 2.36. The molecule has 1 saturated heterocycles. The smallest absolute Gasteiger partial charge is 0.263 e. The Morgan fingerprint density at radius 2 is 1.92 bits per heavy atom. The van der Waals surface area contributed by atoms with E-state index in [-0.39, 0.29) is 23.1 Å². The molecule has 0 spiro atoms. The van der Waals surface area contributed by atoms with Gasteiger partial charge in [-0.1, -0.05) is 47.1 Å². The molecule has 2 atom stereocenters. The molecule has 24 heavy (non-hydrogen) atoms. The summed E-state index contributed by atoms with van der Waals surface area (Å²) in [5.41, 5.74) is 0.696. The van der Waals surface area contributed by atoms with Crippen molar-refractivity contribution < 1.29 is 9.59 Å². The van der Waals surface area contributed by atoms with Crippen LogP contribution in [0.5, 0.6) is 0 Å². The molecule has 0 bridgehead atoms. The molecule has 4 nitrogen and oxygen atoms in total. The Morgan fingerprint density at radius 3 is 2.75 bits per heavy atom. The summed E-state index contributed by atoms with van der Waals surface area (Å²) < 4.78 is 0. The molecule has 1 aromatic rings. The lowest BCUT2D eigenvalue weighted by Gasteiger charge is -2.32. The quantitative estimate of drug-likeness (QED) is 0.653. The summed E-state index contributed by atoms with van der Waals surface area (Å²) >= 11 is 14.7. The van der Waals surface area contributed by atoms with E-state index in [1.165, 1.54) is 23.5 Å². The fourth-order valence-corrected chi connectivity index (χ4v) is 5.50. The van der Waals surface area contributed by atoms with Crippen molar-refractivity contribution in [3.63, 3.8) is 0 Å². The summed E-state index contributed by atoms with van der Waals surface area (Å²) in [5.74, 6) is -0.534. The fourth-order valence-electron chi connectivity index (χ4n) is 2.59. The van der Waals surface area contributed by atoms with Crippen molar-refractivity contribution >= 4 is 64.2 Å². The Morgan fingerprint density at radius 1 is 1.08 bits per heavy atom. The topological polar surface area (TPSA) is 58.2 Å². The minimum atomic E-state index is -0.285. The number of anilines is 1. The lowest BCUT2D eigenvalue weighted by atomic mass is 10.1. The van der Waals surface area contributed by atoms with Gasteiger partial charge in [-0.05, 0) is 24.3 Å². The van der Waals surface area contributed by atoms with Crippen molar-refractivity contribution in [3.8, 4) is 0 Å². The zero-order valence-corrected chi connectivity index (χ0v) is 15.2. The number of allylic oxidation sites excluding steroid dienone is 2. The first kappa shape index (κ1) is 16.1. The number of thioether (sulfide) groups is 2. The molecule has 122 valence electrons. The van der Waals surface area contributed by atoms with Crippen LogP contribution in [0.4, 0.5) is 5.69 Å². The average molecular weight is 397 g/mol. The maximum atomic E-state index is 12.5. The molecule has 2 N–H and O–H groups in total. The van der Waals surface area contributed by atoms with Gasteiger partial charge in [0.25, 0.3) is 11.8 Å². The highest BCUT2D eigenvalue weighted by Crippen LogP contribution is 2.45. The number of rotatable bonds is 0. The Hall–Kier alpha value is -1.34. The number of carbonyl (C=O) groups excluding carboxylic acids is 2. The Balaban J connectivity index is 1.72. The normalized spacial score (nSPS) is 28.5. The monoisotopic (exact) mass is 396 g/mol. The van der Waals surface area contributed by atoms with E-state index in [4.69, 9.17) is 23.2 Å². The van der Waals surface area contributed by atoms with Gasteiger partial charge in [-0.15, -0.1) is 11.8 Å². The van der Waals surface area contributed by atoms with Gasteiger partial charge in [0.1, 0.15) is 0 Å². The SMILES string of the molecule is O=C1Nc2ccc(Cl)cc2SC1=C1SC2C=C(Cl)C=CC2NC1=O. The molecule has 1 fully saturated rings. The minimum Gasteiger partial charge on any atom is -0.344 e. The van der Waals surface area contributed by atoms with Crippen LogP contribution in [0, 0.1) is 0 Å². The van der Waals surface area contributed by atoms with Gasteiger partial charge < -0.3 is 10.6 Å². The first-order valence-corrected chi connectivity index (χ1v) is 9.52. The third-order valence-corrected chi connectivity index (χ3v) is 6.81. The van der Waals surface area contributed by atoms with Crippen molar-refractivity contribution in [2.45, 2.75) is 16.2 Å². The van der Waals surface area contributed by atoms with E-state index in [9.17, 15) is 9.59 Å². The van der Waals surface area contributed by atoms with E-state index in [0.717, 1.165) is 4.90 Å². The third kappa shape index (κ3) is 2.88. The number of halogens is 2. The van der Waals surface area contributed by atoms with Crippen LogP contribution in [0.25, 0.3) is 0 Å². The second-order valence-electron chi connectivity index (χ2n) is 5.35. The van der Waals surface area contributed by atoms with Gasteiger partial charge in [0, 0.05) is 15.0 Å². The molecule has 2 unspecified atom stereocenters. The fraction of sp³-hybridized carbons (Fsp3) is 0.125. The van der Waals surface area contributed by atoms with E-state index < -0.39 is 0 Å². The molecule has 2 heterocycles.